The molecular weight excluding hydrogens is 304 g/mol. The monoisotopic (exact) mass is 325 g/mol. The Balaban J connectivity index is 1.86. The molecule has 126 valence electrons. The molecule has 0 aliphatic heterocycles. The maximum absolute atomic E-state index is 12.1. The number of alkyl halides is 2. The van der Waals surface area contributed by atoms with Gasteiger partial charge in [0.15, 0.2) is 5.82 Å². The van der Waals surface area contributed by atoms with Gasteiger partial charge in [-0.3, -0.25) is 4.90 Å². The number of hydrogen-bond acceptors (Lipinski definition) is 5. The molecule has 0 aliphatic rings. The highest BCUT2D eigenvalue weighted by Crippen LogP contribution is 2.16. The van der Waals surface area contributed by atoms with Crippen LogP contribution in [0.5, 0.6) is 5.75 Å². The van der Waals surface area contributed by atoms with Gasteiger partial charge < -0.3 is 9.26 Å². The predicted octanol–water partition coefficient (Wildman–Crippen LogP) is 3.50. The van der Waals surface area contributed by atoms with E-state index in [2.05, 4.69) is 28.7 Å². The minimum Gasteiger partial charge on any atom is -0.435 e. The molecule has 0 bridgehead atoms. The van der Waals surface area contributed by atoms with Crippen molar-refractivity contribution in [3.63, 3.8) is 0 Å². The zero-order chi connectivity index (χ0) is 16.8. The first-order valence-corrected chi connectivity index (χ1v) is 7.46. The summed E-state index contributed by atoms with van der Waals surface area (Å²) in [4.78, 5) is 6.37. The number of ether oxygens (including phenoxy) is 1. The van der Waals surface area contributed by atoms with Crippen LogP contribution < -0.4 is 4.74 Å². The molecule has 5 nitrogen and oxygen atoms in total. The second kappa shape index (κ2) is 8.01. The van der Waals surface area contributed by atoms with Crippen molar-refractivity contribution in [2.45, 2.75) is 40.0 Å². The largest absolute Gasteiger partial charge is 0.435 e. The molecule has 2 rings (SSSR count). The topological polar surface area (TPSA) is 51.4 Å². The van der Waals surface area contributed by atoms with E-state index in [9.17, 15) is 8.78 Å². The zero-order valence-electron chi connectivity index (χ0n) is 13.5. The van der Waals surface area contributed by atoms with Crippen LogP contribution in [0, 0.1) is 5.92 Å². The van der Waals surface area contributed by atoms with E-state index in [0.29, 0.717) is 24.9 Å². The van der Waals surface area contributed by atoms with Gasteiger partial charge in [-0.1, -0.05) is 31.1 Å². The first-order valence-electron chi connectivity index (χ1n) is 7.46. The number of nitrogens with zero attached hydrogens (tertiary/aromatic N) is 3. The highest BCUT2D eigenvalue weighted by Gasteiger charge is 2.11. The molecule has 7 heteroatoms. The zero-order valence-corrected chi connectivity index (χ0v) is 13.5. The molecule has 1 aromatic heterocycles. The van der Waals surface area contributed by atoms with Crippen molar-refractivity contribution in [1.29, 1.82) is 0 Å². The highest BCUT2D eigenvalue weighted by molar-refractivity contribution is 5.27. The molecule has 0 saturated carbocycles. The molecule has 2 aromatic rings. The van der Waals surface area contributed by atoms with Crippen LogP contribution in [-0.2, 0) is 19.5 Å². The Bertz CT molecular complexity index is 600. The molecule has 0 spiro atoms. The van der Waals surface area contributed by atoms with Crippen molar-refractivity contribution in [3.05, 3.63) is 41.5 Å². The second-order valence-corrected chi connectivity index (χ2v) is 5.90. The minimum absolute atomic E-state index is 0.154. The summed E-state index contributed by atoms with van der Waals surface area (Å²) < 4.78 is 33.8. The molecular formula is C16H21F2N3O2. The molecule has 0 aliphatic carbocycles. The van der Waals surface area contributed by atoms with Crippen molar-refractivity contribution in [2.75, 3.05) is 7.05 Å². The van der Waals surface area contributed by atoms with Gasteiger partial charge in [-0.05, 0) is 30.7 Å². The third-order valence-corrected chi connectivity index (χ3v) is 3.11. The number of rotatable bonds is 8. The lowest BCUT2D eigenvalue weighted by atomic mass is 10.1. The summed E-state index contributed by atoms with van der Waals surface area (Å²) in [5.41, 5.74) is 0.982. The Labute approximate surface area is 134 Å². The summed E-state index contributed by atoms with van der Waals surface area (Å²) in [6, 6.07) is 6.57. The lowest BCUT2D eigenvalue weighted by Crippen LogP contribution is -2.17. The van der Waals surface area contributed by atoms with Crippen LogP contribution in [0.3, 0.4) is 0 Å². The fourth-order valence-electron chi connectivity index (χ4n) is 2.18. The average Bonchev–Trinajstić information content (AvgIpc) is 2.86. The quantitative estimate of drug-likeness (QED) is 0.743. The van der Waals surface area contributed by atoms with Crippen LogP contribution in [0.1, 0.15) is 31.1 Å². The smallest absolute Gasteiger partial charge is 0.387 e. The van der Waals surface area contributed by atoms with E-state index >= 15 is 0 Å². The number of hydrogen-bond donors (Lipinski definition) is 0. The van der Waals surface area contributed by atoms with E-state index in [1.165, 1.54) is 12.1 Å². The Morgan fingerprint density at radius 3 is 2.48 bits per heavy atom. The van der Waals surface area contributed by atoms with Crippen molar-refractivity contribution in [1.82, 2.24) is 15.0 Å². The molecule has 0 amide bonds. The Morgan fingerprint density at radius 1 is 1.17 bits per heavy atom. The summed E-state index contributed by atoms with van der Waals surface area (Å²) in [6.45, 7) is 2.56. The fraction of sp³-hybridized carbons (Fsp3) is 0.500. The van der Waals surface area contributed by atoms with Gasteiger partial charge in [0, 0.05) is 13.0 Å². The third kappa shape index (κ3) is 5.94. The summed E-state index contributed by atoms with van der Waals surface area (Å²) >= 11 is 0. The molecule has 23 heavy (non-hydrogen) atoms. The lowest BCUT2D eigenvalue weighted by molar-refractivity contribution is -0.0498. The van der Waals surface area contributed by atoms with Crippen LogP contribution in [-0.4, -0.2) is 28.7 Å². The molecule has 1 heterocycles. The van der Waals surface area contributed by atoms with Gasteiger partial charge in [-0.15, -0.1) is 0 Å². The first-order chi connectivity index (χ1) is 10.9. The SMILES string of the molecule is CC(C)Cc1noc(CN(C)Cc2ccc(OC(F)F)cc2)n1. The maximum atomic E-state index is 12.1. The van der Waals surface area contributed by atoms with Gasteiger partial charge in [0.1, 0.15) is 5.75 Å². The van der Waals surface area contributed by atoms with Gasteiger partial charge in [0.05, 0.1) is 6.54 Å². The van der Waals surface area contributed by atoms with Gasteiger partial charge in [0.25, 0.3) is 0 Å². The summed E-state index contributed by atoms with van der Waals surface area (Å²) in [5.74, 6) is 1.92. The van der Waals surface area contributed by atoms with E-state index in [1.807, 2.05) is 11.9 Å². The lowest BCUT2D eigenvalue weighted by Gasteiger charge is -2.14. The Kier molecular flexibility index (Phi) is 6.04. The normalized spacial score (nSPS) is 11.7. The Morgan fingerprint density at radius 2 is 1.87 bits per heavy atom. The van der Waals surface area contributed by atoms with E-state index in [1.54, 1.807) is 12.1 Å². The Hall–Kier alpha value is -2.02. The van der Waals surface area contributed by atoms with Crippen molar-refractivity contribution < 1.29 is 18.0 Å². The van der Waals surface area contributed by atoms with E-state index in [4.69, 9.17) is 4.52 Å². The van der Waals surface area contributed by atoms with E-state index < -0.39 is 6.61 Å². The van der Waals surface area contributed by atoms with Crippen LogP contribution in [0.4, 0.5) is 8.78 Å². The molecule has 1 aromatic carbocycles. The third-order valence-electron chi connectivity index (χ3n) is 3.11. The van der Waals surface area contributed by atoms with Gasteiger partial charge in [-0.25, -0.2) is 0 Å². The molecule has 0 radical (unpaired) electrons. The average molecular weight is 325 g/mol. The van der Waals surface area contributed by atoms with E-state index in [0.717, 1.165) is 17.8 Å². The molecule has 0 saturated heterocycles. The number of benzene rings is 1. The predicted molar refractivity (Wildman–Crippen MR) is 81.1 cm³/mol. The second-order valence-electron chi connectivity index (χ2n) is 5.90. The van der Waals surface area contributed by atoms with Crippen molar-refractivity contribution in [2.24, 2.45) is 5.92 Å². The van der Waals surface area contributed by atoms with Crippen molar-refractivity contribution >= 4 is 0 Å². The fourth-order valence-corrected chi connectivity index (χ4v) is 2.18. The molecule has 0 atom stereocenters. The maximum Gasteiger partial charge on any atom is 0.387 e. The summed E-state index contributed by atoms with van der Waals surface area (Å²) in [6.07, 6.45) is 0.790. The molecule has 0 N–H and O–H groups in total. The van der Waals surface area contributed by atoms with E-state index in [-0.39, 0.29) is 5.75 Å². The summed E-state index contributed by atoms with van der Waals surface area (Å²) in [7, 11) is 1.93. The van der Waals surface area contributed by atoms with Gasteiger partial charge in [0.2, 0.25) is 5.89 Å². The number of aromatic nitrogens is 2. The molecule has 0 unspecified atom stereocenters. The minimum atomic E-state index is -2.80. The van der Waals surface area contributed by atoms with Crippen LogP contribution in [0.15, 0.2) is 28.8 Å². The van der Waals surface area contributed by atoms with Crippen LogP contribution >= 0.6 is 0 Å². The van der Waals surface area contributed by atoms with Crippen molar-refractivity contribution in [3.8, 4) is 5.75 Å². The summed E-state index contributed by atoms with van der Waals surface area (Å²) in [5, 5.41) is 3.96. The first kappa shape index (κ1) is 17.3. The number of halogens is 2. The van der Waals surface area contributed by atoms with Crippen LogP contribution in [0.2, 0.25) is 0 Å². The van der Waals surface area contributed by atoms with Gasteiger partial charge in [-0.2, -0.15) is 13.8 Å². The van der Waals surface area contributed by atoms with Crippen LogP contribution in [0.25, 0.3) is 0 Å². The van der Waals surface area contributed by atoms with Gasteiger partial charge >= 0.3 is 6.61 Å². The molecule has 0 fully saturated rings. The highest BCUT2D eigenvalue weighted by atomic mass is 19.3. The standard InChI is InChI=1S/C16H21F2N3O2/c1-11(2)8-14-19-15(23-20-14)10-21(3)9-12-4-6-13(7-5-12)22-16(17)18/h4-7,11,16H,8-10H2,1-3H3.